The summed E-state index contributed by atoms with van der Waals surface area (Å²) < 4.78 is 13.8. The Bertz CT molecular complexity index is 366. The van der Waals surface area contributed by atoms with Crippen molar-refractivity contribution < 1.29 is 4.39 Å². The number of nitrogens with two attached hydrogens (primary N) is 1. The molecule has 102 valence electrons. The molecule has 0 heterocycles. The second kappa shape index (κ2) is 7.34. The number of nitrogen functional groups attached to an aromatic ring is 1. The molecular formula is C14H24FN3. The highest BCUT2D eigenvalue weighted by Crippen LogP contribution is 2.16. The number of hydrogen-bond acceptors (Lipinski definition) is 3. The predicted molar refractivity (Wildman–Crippen MR) is 74.9 cm³/mol. The predicted octanol–water partition coefficient (Wildman–Crippen LogP) is 2.18. The van der Waals surface area contributed by atoms with Crippen molar-refractivity contribution in [2.24, 2.45) is 0 Å². The fraction of sp³-hybridized carbons (Fsp3) is 0.571. The summed E-state index contributed by atoms with van der Waals surface area (Å²) in [6, 6.07) is 5.21. The number of benzene rings is 1. The molecule has 0 aliphatic rings. The molecule has 0 saturated carbocycles. The van der Waals surface area contributed by atoms with E-state index in [9.17, 15) is 4.39 Å². The lowest BCUT2D eigenvalue weighted by atomic mass is 10.1. The van der Waals surface area contributed by atoms with Gasteiger partial charge in [-0.15, -0.1) is 0 Å². The molecule has 0 saturated heterocycles. The smallest absolute Gasteiger partial charge is 0.150 e. The van der Waals surface area contributed by atoms with Crippen molar-refractivity contribution in [3.63, 3.8) is 0 Å². The zero-order valence-electron chi connectivity index (χ0n) is 11.6. The lowest BCUT2D eigenvalue weighted by Gasteiger charge is -2.22. The molecule has 4 heteroatoms. The summed E-state index contributed by atoms with van der Waals surface area (Å²) >= 11 is 0. The van der Waals surface area contributed by atoms with E-state index in [1.54, 1.807) is 18.2 Å². The third kappa shape index (κ3) is 4.63. The molecule has 0 amide bonds. The minimum atomic E-state index is -0.274. The normalized spacial score (nSPS) is 11.4. The molecule has 2 N–H and O–H groups in total. The van der Waals surface area contributed by atoms with Crippen LogP contribution < -0.4 is 5.73 Å². The summed E-state index contributed by atoms with van der Waals surface area (Å²) in [6.45, 7) is 5.67. The Labute approximate surface area is 109 Å². The first kappa shape index (κ1) is 14.9. The van der Waals surface area contributed by atoms with Crippen LogP contribution >= 0.6 is 0 Å². The van der Waals surface area contributed by atoms with Crippen LogP contribution in [0.4, 0.5) is 10.1 Å². The molecule has 0 aliphatic carbocycles. The third-order valence-corrected chi connectivity index (χ3v) is 3.03. The molecular weight excluding hydrogens is 229 g/mol. The Kier molecular flexibility index (Phi) is 6.09. The van der Waals surface area contributed by atoms with Crippen LogP contribution in [0.25, 0.3) is 0 Å². The van der Waals surface area contributed by atoms with Crippen LogP contribution in [-0.2, 0) is 6.54 Å². The molecule has 0 atom stereocenters. The molecule has 1 rings (SSSR count). The summed E-state index contributed by atoms with van der Waals surface area (Å²) in [6.07, 6.45) is 1.09. The maximum atomic E-state index is 13.8. The van der Waals surface area contributed by atoms with Gasteiger partial charge in [0.05, 0.1) is 5.69 Å². The largest absolute Gasteiger partial charge is 0.396 e. The Balaban J connectivity index is 2.54. The van der Waals surface area contributed by atoms with Crippen molar-refractivity contribution in [2.75, 3.05) is 39.5 Å². The molecule has 0 fully saturated rings. The molecule has 3 nitrogen and oxygen atoms in total. The third-order valence-electron chi connectivity index (χ3n) is 3.03. The number of hydrogen-bond donors (Lipinski definition) is 1. The van der Waals surface area contributed by atoms with Crippen molar-refractivity contribution in [2.45, 2.75) is 19.9 Å². The summed E-state index contributed by atoms with van der Waals surface area (Å²) in [5, 5.41) is 0. The maximum Gasteiger partial charge on any atom is 0.150 e. The van der Waals surface area contributed by atoms with Crippen LogP contribution in [0.1, 0.15) is 18.9 Å². The minimum Gasteiger partial charge on any atom is -0.396 e. The fourth-order valence-electron chi connectivity index (χ4n) is 1.92. The molecule has 0 spiro atoms. The lowest BCUT2D eigenvalue weighted by Crippen LogP contribution is -2.27. The summed E-state index contributed by atoms with van der Waals surface area (Å²) in [7, 11) is 4.13. The monoisotopic (exact) mass is 253 g/mol. The van der Waals surface area contributed by atoms with E-state index in [0.717, 1.165) is 26.1 Å². The van der Waals surface area contributed by atoms with E-state index in [-0.39, 0.29) is 11.5 Å². The van der Waals surface area contributed by atoms with Gasteiger partial charge in [-0.1, -0.05) is 19.1 Å². The van der Waals surface area contributed by atoms with E-state index in [0.29, 0.717) is 12.1 Å². The summed E-state index contributed by atoms with van der Waals surface area (Å²) in [4.78, 5) is 4.40. The Hall–Kier alpha value is -1.13. The summed E-state index contributed by atoms with van der Waals surface area (Å²) in [5.74, 6) is -0.274. The van der Waals surface area contributed by atoms with Gasteiger partial charge in [-0.2, -0.15) is 0 Å². The Morgan fingerprint density at radius 3 is 2.56 bits per heavy atom. The number of halogens is 1. The highest BCUT2D eigenvalue weighted by atomic mass is 19.1. The van der Waals surface area contributed by atoms with E-state index in [1.165, 1.54) is 0 Å². The fourth-order valence-corrected chi connectivity index (χ4v) is 1.92. The standard InChI is InChI=1S/C14H24FN3/c1-4-18(10-6-9-17(2)3)11-12-7-5-8-13(16)14(12)15/h5,7-8H,4,6,9-11,16H2,1-3H3. The molecule has 1 aromatic rings. The Morgan fingerprint density at radius 2 is 1.94 bits per heavy atom. The number of rotatable bonds is 7. The second-order valence-corrected chi connectivity index (χ2v) is 4.85. The SMILES string of the molecule is CCN(CCCN(C)C)Cc1cccc(N)c1F. The summed E-state index contributed by atoms with van der Waals surface area (Å²) in [5.41, 5.74) is 6.49. The van der Waals surface area contributed by atoms with Gasteiger partial charge in [0.25, 0.3) is 0 Å². The maximum absolute atomic E-state index is 13.8. The first-order chi connectivity index (χ1) is 8.54. The van der Waals surface area contributed by atoms with Crippen LogP contribution in [0.15, 0.2) is 18.2 Å². The van der Waals surface area contributed by atoms with Crippen LogP contribution in [0.3, 0.4) is 0 Å². The zero-order chi connectivity index (χ0) is 13.5. The minimum absolute atomic E-state index is 0.233. The van der Waals surface area contributed by atoms with Crippen LogP contribution in [0.2, 0.25) is 0 Å². The average Bonchev–Trinajstić information content (AvgIpc) is 2.33. The van der Waals surface area contributed by atoms with Gasteiger partial charge in [-0.25, -0.2) is 4.39 Å². The quantitative estimate of drug-likeness (QED) is 0.756. The van der Waals surface area contributed by atoms with Gasteiger partial charge < -0.3 is 10.6 Å². The zero-order valence-corrected chi connectivity index (χ0v) is 11.6. The molecule has 0 radical (unpaired) electrons. The first-order valence-electron chi connectivity index (χ1n) is 6.44. The van der Waals surface area contributed by atoms with E-state index < -0.39 is 0 Å². The van der Waals surface area contributed by atoms with Gasteiger partial charge in [0.2, 0.25) is 0 Å². The molecule has 0 aromatic heterocycles. The number of anilines is 1. The van der Waals surface area contributed by atoms with Gasteiger partial charge in [0, 0.05) is 12.1 Å². The molecule has 18 heavy (non-hydrogen) atoms. The molecule has 1 aromatic carbocycles. The molecule has 0 bridgehead atoms. The number of nitrogens with zero attached hydrogens (tertiary/aromatic N) is 2. The first-order valence-corrected chi connectivity index (χ1v) is 6.44. The van der Waals surface area contributed by atoms with Crippen molar-refractivity contribution >= 4 is 5.69 Å². The van der Waals surface area contributed by atoms with Crippen LogP contribution in [0, 0.1) is 5.82 Å². The highest BCUT2D eigenvalue weighted by molar-refractivity contribution is 5.42. The Morgan fingerprint density at radius 1 is 1.22 bits per heavy atom. The van der Waals surface area contributed by atoms with Gasteiger partial charge >= 0.3 is 0 Å². The van der Waals surface area contributed by atoms with Crippen molar-refractivity contribution in [1.82, 2.24) is 9.80 Å². The van der Waals surface area contributed by atoms with Crippen LogP contribution in [0.5, 0.6) is 0 Å². The van der Waals surface area contributed by atoms with Gasteiger partial charge in [0.1, 0.15) is 0 Å². The average molecular weight is 253 g/mol. The van der Waals surface area contributed by atoms with Gasteiger partial charge in [-0.05, 0) is 46.2 Å². The van der Waals surface area contributed by atoms with E-state index in [4.69, 9.17) is 5.73 Å². The topological polar surface area (TPSA) is 32.5 Å². The van der Waals surface area contributed by atoms with Gasteiger partial charge in [-0.3, -0.25) is 4.90 Å². The van der Waals surface area contributed by atoms with Crippen molar-refractivity contribution in [3.8, 4) is 0 Å². The van der Waals surface area contributed by atoms with Crippen molar-refractivity contribution in [1.29, 1.82) is 0 Å². The molecule has 0 aliphatic heterocycles. The van der Waals surface area contributed by atoms with E-state index >= 15 is 0 Å². The second-order valence-electron chi connectivity index (χ2n) is 4.85. The van der Waals surface area contributed by atoms with Gasteiger partial charge in [0.15, 0.2) is 5.82 Å². The van der Waals surface area contributed by atoms with E-state index in [1.807, 2.05) is 0 Å². The van der Waals surface area contributed by atoms with E-state index in [2.05, 4.69) is 30.8 Å². The van der Waals surface area contributed by atoms with Crippen molar-refractivity contribution in [3.05, 3.63) is 29.6 Å². The molecule has 0 unspecified atom stereocenters. The van der Waals surface area contributed by atoms with Crippen LogP contribution in [-0.4, -0.2) is 43.5 Å². The highest BCUT2D eigenvalue weighted by Gasteiger charge is 2.09. The lowest BCUT2D eigenvalue weighted by molar-refractivity contribution is 0.256.